The molecule has 2 aliphatic heterocycles. The number of carbonyl (C=O) groups is 2. The lowest BCUT2D eigenvalue weighted by Gasteiger charge is -2.27. The maximum absolute atomic E-state index is 12.3. The van der Waals surface area contributed by atoms with Crippen LogP contribution in [0.1, 0.15) is 17.2 Å². The van der Waals surface area contributed by atoms with E-state index in [1.807, 2.05) is 61.5 Å². The van der Waals surface area contributed by atoms with Crippen LogP contribution in [-0.4, -0.2) is 17.9 Å². The molecule has 0 spiro atoms. The average molecular weight is 308 g/mol. The minimum Gasteiger partial charge on any atom is -0.294 e. The first-order chi connectivity index (χ1) is 11.1. The Kier molecular flexibility index (Phi) is 3.16. The predicted molar refractivity (Wildman–Crippen MR) is 84.4 cm³/mol. The van der Waals surface area contributed by atoms with Crippen molar-refractivity contribution in [2.75, 3.05) is 5.06 Å². The normalized spacial score (nSPS) is 26.3. The maximum atomic E-state index is 12.3. The van der Waals surface area contributed by atoms with E-state index < -0.39 is 12.0 Å². The van der Waals surface area contributed by atoms with Gasteiger partial charge in [0.2, 0.25) is 5.91 Å². The van der Waals surface area contributed by atoms with E-state index in [9.17, 15) is 9.59 Å². The lowest BCUT2D eigenvalue weighted by Crippen LogP contribution is -2.33. The van der Waals surface area contributed by atoms with Gasteiger partial charge in [-0.15, -0.1) is 0 Å². The number of nitrogens with one attached hydrogen (secondary N) is 1. The number of fused-ring (bicyclic) bond motifs is 1. The van der Waals surface area contributed by atoms with Crippen LogP contribution in [0.15, 0.2) is 54.6 Å². The molecule has 2 aromatic carbocycles. The molecule has 2 fully saturated rings. The molecule has 0 saturated carbocycles. The summed E-state index contributed by atoms with van der Waals surface area (Å²) in [6.07, 6.45) is -0.769. The number of hydroxylamine groups is 1. The highest BCUT2D eigenvalue weighted by molar-refractivity contribution is 6.07. The third-order valence-electron chi connectivity index (χ3n) is 4.38. The highest BCUT2D eigenvalue weighted by atomic mass is 16.7. The molecule has 1 N–H and O–H groups in total. The molecule has 0 radical (unpaired) electrons. The number of nitrogens with zero attached hydrogens (tertiary/aromatic N) is 1. The summed E-state index contributed by atoms with van der Waals surface area (Å²) in [5.74, 6) is -1.18. The number of amides is 2. The Morgan fingerprint density at radius 2 is 1.65 bits per heavy atom. The van der Waals surface area contributed by atoms with Crippen molar-refractivity contribution in [3.05, 3.63) is 65.7 Å². The minimum absolute atomic E-state index is 0.274. The second-order valence-corrected chi connectivity index (χ2v) is 5.92. The van der Waals surface area contributed by atoms with Crippen LogP contribution in [0.4, 0.5) is 5.69 Å². The van der Waals surface area contributed by atoms with Gasteiger partial charge in [0, 0.05) is 0 Å². The number of aryl methyl sites for hydroxylation is 1. The van der Waals surface area contributed by atoms with Crippen LogP contribution in [0, 0.1) is 12.8 Å². The van der Waals surface area contributed by atoms with Gasteiger partial charge in [-0.1, -0.05) is 48.0 Å². The molecule has 5 nitrogen and oxygen atoms in total. The Bertz CT molecular complexity index is 758. The van der Waals surface area contributed by atoms with E-state index in [2.05, 4.69) is 5.32 Å². The second-order valence-electron chi connectivity index (χ2n) is 5.92. The average Bonchev–Trinajstić information content (AvgIpc) is 3.08. The van der Waals surface area contributed by atoms with Crippen molar-refractivity contribution in [1.29, 1.82) is 0 Å². The molecular formula is C18H16N2O3. The molecule has 4 rings (SSSR count). The van der Waals surface area contributed by atoms with Crippen LogP contribution < -0.4 is 10.4 Å². The third-order valence-corrected chi connectivity index (χ3v) is 4.38. The third kappa shape index (κ3) is 2.21. The topological polar surface area (TPSA) is 58.6 Å². The van der Waals surface area contributed by atoms with Crippen LogP contribution in [0.3, 0.4) is 0 Å². The number of rotatable bonds is 2. The lowest BCUT2D eigenvalue weighted by molar-refractivity contribution is -0.129. The first-order valence-corrected chi connectivity index (χ1v) is 7.57. The second kappa shape index (κ2) is 5.21. The zero-order chi connectivity index (χ0) is 16.0. The van der Waals surface area contributed by atoms with Gasteiger partial charge in [-0.05, 0) is 24.6 Å². The smallest absolute Gasteiger partial charge is 0.259 e. The molecule has 2 aromatic rings. The van der Waals surface area contributed by atoms with Crippen LogP contribution in [0.25, 0.3) is 0 Å². The van der Waals surface area contributed by atoms with Crippen molar-refractivity contribution in [2.24, 2.45) is 5.92 Å². The fourth-order valence-electron chi connectivity index (χ4n) is 3.24. The highest BCUT2D eigenvalue weighted by Gasteiger charge is 2.56. The van der Waals surface area contributed by atoms with Crippen LogP contribution >= 0.6 is 0 Å². The largest absolute Gasteiger partial charge is 0.294 e. The summed E-state index contributed by atoms with van der Waals surface area (Å²) >= 11 is 0. The van der Waals surface area contributed by atoms with E-state index in [1.54, 1.807) is 5.06 Å². The SMILES string of the molecule is Cc1ccc([C@H]2[C@@H]3C(=O)NC(=O)[C@H]3ON2c2ccccc2)cc1. The molecule has 5 heteroatoms. The fourth-order valence-corrected chi connectivity index (χ4v) is 3.24. The Morgan fingerprint density at radius 3 is 2.35 bits per heavy atom. The van der Waals surface area contributed by atoms with Crippen molar-refractivity contribution in [3.63, 3.8) is 0 Å². The summed E-state index contributed by atoms with van der Waals surface area (Å²) in [4.78, 5) is 30.1. The van der Waals surface area contributed by atoms with Crippen molar-refractivity contribution < 1.29 is 14.4 Å². The molecule has 3 atom stereocenters. The number of imide groups is 1. The summed E-state index contributed by atoms with van der Waals surface area (Å²) in [7, 11) is 0. The van der Waals surface area contributed by atoms with Gasteiger partial charge >= 0.3 is 0 Å². The molecule has 2 saturated heterocycles. The van der Waals surface area contributed by atoms with Crippen molar-refractivity contribution in [1.82, 2.24) is 5.32 Å². The molecule has 23 heavy (non-hydrogen) atoms. The molecule has 116 valence electrons. The minimum atomic E-state index is -0.769. The molecular weight excluding hydrogens is 292 g/mol. The monoisotopic (exact) mass is 308 g/mol. The zero-order valence-corrected chi connectivity index (χ0v) is 12.6. The predicted octanol–water partition coefficient (Wildman–Crippen LogP) is 2.13. The summed E-state index contributed by atoms with van der Waals surface area (Å²) in [5, 5.41) is 4.06. The van der Waals surface area contributed by atoms with Gasteiger partial charge in [-0.3, -0.25) is 19.7 Å². The van der Waals surface area contributed by atoms with Crippen LogP contribution in [0.5, 0.6) is 0 Å². The van der Waals surface area contributed by atoms with Gasteiger partial charge in [-0.25, -0.2) is 5.06 Å². The number of benzene rings is 2. The molecule has 0 bridgehead atoms. The Balaban J connectivity index is 1.80. The quantitative estimate of drug-likeness (QED) is 0.864. The van der Waals surface area contributed by atoms with E-state index >= 15 is 0 Å². The van der Waals surface area contributed by atoms with E-state index in [0.29, 0.717) is 0 Å². The van der Waals surface area contributed by atoms with E-state index in [0.717, 1.165) is 16.8 Å². The number of anilines is 1. The highest BCUT2D eigenvalue weighted by Crippen LogP contribution is 2.44. The molecule has 2 aliphatic rings. The van der Waals surface area contributed by atoms with Crippen LogP contribution in [-0.2, 0) is 14.4 Å². The summed E-state index contributed by atoms with van der Waals surface area (Å²) in [6, 6.07) is 17.2. The fraction of sp³-hybridized carbons (Fsp3) is 0.222. The van der Waals surface area contributed by atoms with Crippen molar-refractivity contribution >= 4 is 17.5 Å². The summed E-state index contributed by atoms with van der Waals surface area (Å²) in [6.45, 7) is 2.01. The molecule has 0 aliphatic carbocycles. The molecule has 0 aromatic heterocycles. The van der Waals surface area contributed by atoms with Gasteiger partial charge in [0.05, 0.1) is 11.7 Å². The van der Waals surface area contributed by atoms with Gasteiger partial charge < -0.3 is 0 Å². The summed E-state index contributed by atoms with van der Waals surface area (Å²) in [5.41, 5.74) is 2.92. The van der Waals surface area contributed by atoms with E-state index in [-0.39, 0.29) is 17.9 Å². The molecule has 2 heterocycles. The van der Waals surface area contributed by atoms with Crippen molar-refractivity contribution in [3.8, 4) is 0 Å². The number of hydrogen-bond donors (Lipinski definition) is 1. The summed E-state index contributed by atoms with van der Waals surface area (Å²) < 4.78 is 0. The number of hydrogen-bond acceptors (Lipinski definition) is 4. The van der Waals surface area contributed by atoms with Crippen molar-refractivity contribution in [2.45, 2.75) is 19.1 Å². The van der Waals surface area contributed by atoms with Crippen LogP contribution in [0.2, 0.25) is 0 Å². The Morgan fingerprint density at radius 1 is 0.957 bits per heavy atom. The Hall–Kier alpha value is -2.66. The first-order valence-electron chi connectivity index (χ1n) is 7.57. The number of para-hydroxylation sites is 1. The van der Waals surface area contributed by atoms with E-state index in [1.165, 1.54) is 0 Å². The van der Waals surface area contributed by atoms with Gasteiger partial charge in [0.1, 0.15) is 5.92 Å². The zero-order valence-electron chi connectivity index (χ0n) is 12.6. The van der Waals surface area contributed by atoms with E-state index in [4.69, 9.17) is 4.84 Å². The Labute approximate surface area is 133 Å². The molecule has 0 unspecified atom stereocenters. The van der Waals surface area contributed by atoms with Gasteiger partial charge in [0.15, 0.2) is 6.10 Å². The maximum Gasteiger partial charge on any atom is 0.259 e. The lowest BCUT2D eigenvalue weighted by atomic mass is 9.90. The number of carbonyl (C=O) groups excluding carboxylic acids is 2. The molecule has 2 amide bonds. The first kappa shape index (κ1) is 14.0. The van der Waals surface area contributed by atoms with Gasteiger partial charge in [-0.2, -0.15) is 0 Å². The van der Waals surface area contributed by atoms with Gasteiger partial charge in [0.25, 0.3) is 5.91 Å². The standard InChI is InChI=1S/C18H16N2O3/c1-11-7-9-12(10-8-11)15-14-16(18(22)19-17(14)21)23-20(15)13-5-3-2-4-6-13/h2-10,14-16H,1H3,(H,19,21,22)/t14-,15-,16-/m0/s1.